The van der Waals surface area contributed by atoms with Crippen LogP contribution >= 0.6 is 0 Å². The smallest absolute Gasteiger partial charge is 0.194 e. The fourth-order valence-corrected chi connectivity index (χ4v) is 3.53. The van der Waals surface area contributed by atoms with Crippen molar-refractivity contribution in [1.29, 1.82) is 0 Å². The van der Waals surface area contributed by atoms with Gasteiger partial charge in [-0.25, -0.2) is 17.6 Å². The van der Waals surface area contributed by atoms with Gasteiger partial charge in [-0.1, -0.05) is 37.5 Å². The van der Waals surface area contributed by atoms with Crippen molar-refractivity contribution in [3.63, 3.8) is 0 Å². The summed E-state index contributed by atoms with van der Waals surface area (Å²) in [7, 11) is 0. The number of allylic oxidation sites excluding steroid dienone is 6. The maximum Gasteiger partial charge on any atom is 0.194 e. The summed E-state index contributed by atoms with van der Waals surface area (Å²) in [4.78, 5) is 0. The van der Waals surface area contributed by atoms with Crippen molar-refractivity contribution < 1.29 is 17.6 Å². The van der Waals surface area contributed by atoms with Crippen molar-refractivity contribution in [2.75, 3.05) is 0 Å². The lowest BCUT2D eigenvalue weighted by Crippen LogP contribution is -2.14. The van der Waals surface area contributed by atoms with Crippen LogP contribution in [0.4, 0.5) is 17.6 Å². The predicted molar refractivity (Wildman–Crippen MR) is 87.3 cm³/mol. The van der Waals surface area contributed by atoms with Crippen molar-refractivity contribution >= 4 is 5.57 Å². The molecule has 4 heteroatoms. The van der Waals surface area contributed by atoms with Gasteiger partial charge in [0.1, 0.15) is 5.83 Å². The Labute approximate surface area is 139 Å². The summed E-state index contributed by atoms with van der Waals surface area (Å²) in [6.45, 7) is 2.24. The van der Waals surface area contributed by atoms with E-state index in [0.717, 1.165) is 36.5 Å². The molecule has 1 aromatic carbocycles. The molecule has 1 fully saturated rings. The minimum Gasteiger partial charge on any atom is -0.207 e. The number of halogens is 4. The molecule has 1 saturated carbocycles. The highest BCUT2D eigenvalue weighted by Gasteiger charge is 2.22. The van der Waals surface area contributed by atoms with Gasteiger partial charge in [-0.15, -0.1) is 0 Å². The van der Waals surface area contributed by atoms with Crippen LogP contribution in [0.15, 0.2) is 41.8 Å². The molecule has 0 atom stereocenters. The molecular formula is C20H20F4. The zero-order valence-corrected chi connectivity index (χ0v) is 13.6. The monoisotopic (exact) mass is 336 g/mol. The van der Waals surface area contributed by atoms with Gasteiger partial charge in [-0.3, -0.25) is 0 Å². The summed E-state index contributed by atoms with van der Waals surface area (Å²) in [5.74, 6) is -3.53. The summed E-state index contributed by atoms with van der Waals surface area (Å²) in [5.41, 5.74) is 1.25. The molecule has 0 bridgehead atoms. The molecule has 0 N–H and O–H groups in total. The normalized spacial score (nSPS) is 24.8. The topological polar surface area (TPSA) is 0 Å². The Hall–Kier alpha value is -1.84. The molecule has 3 rings (SSSR count). The first-order chi connectivity index (χ1) is 11.5. The van der Waals surface area contributed by atoms with E-state index in [1.165, 1.54) is 18.9 Å². The van der Waals surface area contributed by atoms with E-state index in [2.05, 4.69) is 6.92 Å². The maximum atomic E-state index is 14.4. The zero-order chi connectivity index (χ0) is 17.3. The molecule has 2 aliphatic carbocycles. The molecule has 2 aliphatic rings. The van der Waals surface area contributed by atoms with Crippen molar-refractivity contribution in [3.05, 3.63) is 64.8 Å². The number of hydrogen-bond acceptors (Lipinski definition) is 0. The fourth-order valence-electron chi connectivity index (χ4n) is 3.53. The van der Waals surface area contributed by atoms with Crippen LogP contribution in [0.2, 0.25) is 0 Å². The van der Waals surface area contributed by atoms with Gasteiger partial charge in [0.15, 0.2) is 17.5 Å². The molecule has 24 heavy (non-hydrogen) atoms. The third-order valence-corrected chi connectivity index (χ3v) is 5.07. The van der Waals surface area contributed by atoms with Crippen LogP contribution in [-0.2, 0) is 0 Å². The van der Waals surface area contributed by atoms with E-state index in [0.29, 0.717) is 12.3 Å². The van der Waals surface area contributed by atoms with E-state index in [-0.39, 0.29) is 11.1 Å². The third-order valence-electron chi connectivity index (χ3n) is 5.07. The highest BCUT2D eigenvalue weighted by atomic mass is 19.2. The first kappa shape index (κ1) is 17.0. The number of rotatable bonds is 2. The SMILES string of the molecule is CC1CCC(C2=CC=C(c3cc(F)c(F)c(F)c3)C(F)=CC2)CC1. The lowest BCUT2D eigenvalue weighted by molar-refractivity contribution is 0.318. The van der Waals surface area contributed by atoms with E-state index in [1.54, 1.807) is 6.08 Å². The van der Waals surface area contributed by atoms with E-state index in [4.69, 9.17) is 0 Å². The fraction of sp³-hybridized carbons (Fsp3) is 0.400. The Morgan fingerprint density at radius 1 is 0.875 bits per heavy atom. The van der Waals surface area contributed by atoms with E-state index >= 15 is 0 Å². The second-order valence-electron chi connectivity index (χ2n) is 6.79. The Morgan fingerprint density at radius 2 is 1.50 bits per heavy atom. The second-order valence-corrected chi connectivity index (χ2v) is 6.79. The lowest BCUT2D eigenvalue weighted by Gasteiger charge is -2.27. The highest BCUT2D eigenvalue weighted by Crippen LogP contribution is 2.37. The van der Waals surface area contributed by atoms with Gasteiger partial charge in [-0.2, -0.15) is 0 Å². The summed E-state index contributed by atoms with van der Waals surface area (Å²) in [5, 5.41) is 0. The average Bonchev–Trinajstić information content (AvgIpc) is 2.75. The Bertz CT molecular complexity index is 696. The van der Waals surface area contributed by atoms with Crippen LogP contribution in [-0.4, -0.2) is 0 Å². The summed E-state index contributed by atoms with van der Waals surface area (Å²) >= 11 is 0. The van der Waals surface area contributed by atoms with E-state index < -0.39 is 23.3 Å². The van der Waals surface area contributed by atoms with Crippen molar-refractivity contribution in [3.8, 4) is 0 Å². The van der Waals surface area contributed by atoms with Crippen molar-refractivity contribution in [1.82, 2.24) is 0 Å². The number of benzene rings is 1. The van der Waals surface area contributed by atoms with E-state index in [9.17, 15) is 17.6 Å². The molecule has 0 saturated heterocycles. The molecule has 0 spiro atoms. The summed E-state index contributed by atoms with van der Waals surface area (Å²) in [6.07, 6.45) is 9.87. The van der Waals surface area contributed by atoms with Crippen molar-refractivity contribution in [2.45, 2.75) is 39.0 Å². The number of hydrogen-bond donors (Lipinski definition) is 0. The molecule has 0 heterocycles. The predicted octanol–water partition coefficient (Wildman–Crippen LogP) is 6.50. The van der Waals surface area contributed by atoms with E-state index in [1.807, 2.05) is 6.08 Å². The Morgan fingerprint density at radius 3 is 2.12 bits per heavy atom. The molecule has 0 nitrogen and oxygen atoms in total. The van der Waals surface area contributed by atoms with Gasteiger partial charge in [0, 0.05) is 5.57 Å². The molecular weight excluding hydrogens is 316 g/mol. The first-order valence-electron chi connectivity index (χ1n) is 8.37. The minimum absolute atomic E-state index is 0.00918. The molecule has 1 aromatic rings. The van der Waals surface area contributed by atoms with Gasteiger partial charge in [-0.05, 0) is 54.9 Å². The zero-order valence-electron chi connectivity index (χ0n) is 13.6. The summed E-state index contributed by atoms with van der Waals surface area (Å²) in [6, 6.07) is 1.66. The van der Waals surface area contributed by atoms with Crippen LogP contribution in [0.3, 0.4) is 0 Å². The van der Waals surface area contributed by atoms with Crippen molar-refractivity contribution in [2.24, 2.45) is 11.8 Å². The molecule has 128 valence electrons. The van der Waals surface area contributed by atoms with Crippen LogP contribution < -0.4 is 0 Å². The average molecular weight is 336 g/mol. The molecule has 0 radical (unpaired) electrons. The lowest BCUT2D eigenvalue weighted by atomic mass is 9.78. The second kappa shape index (κ2) is 6.96. The Balaban J connectivity index is 1.91. The van der Waals surface area contributed by atoms with Crippen LogP contribution in [0.25, 0.3) is 5.57 Å². The third kappa shape index (κ3) is 3.47. The molecule has 0 amide bonds. The maximum absolute atomic E-state index is 14.4. The van der Waals surface area contributed by atoms with Crippen LogP contribution in [0, 0.1) is 29.3 Å². The van der Waals surface area contributed by atoms with Gasteiger partial charge in [0.05, 0.1) is 0 Å². The minimum atomic E-state index is -1.54. The Kier molecular flexibility index (Phi) is 4.93. The van der Waals surface area contributed by atoms with Gasteiger partial charge >= 0.3 is 0 Å². The molecule has 0 unspecified atom stereocenters. The summed E-state index contributed by atoms with van der Waals surface area (Å²) < 4.78 is 54.3. The largest absolute Gasteiger partial charge is 0.207 e. The van der Waals surface area contributed by atoms with Crippen LogP contribution in [0.5, 0.6) is 0 Å². The highest BCUT2D eigenvalue weighted by molar-refractivity contribution is 5.79. The standard InChI is InChI=1S/C20H20F4/c1-12-2-4-13(5-3-12)14-6-8-16(17(21)9-7-14)15-10-18(22)20(24)19(23)11-15/h6,8-13H,2-5,7H2,1H3. The van der Waals surface area contributed by atoms with Gasteiger partial charge in [0.25, 0.3) is 0 Å². The molecule has 0 aliphatic heterocycles. The quantitative estimate of drug-likeness (QED) is 0.427. The molecule has 0 aromatic heterocycles. The van der Waals surface area contributed by atoms with Gasteiger partial charge < -0.3 is 0 Å². The van der Waals surface area contributed by atoms with Crippen LogP contribution in [0.1, 0.15) is 44.6 Å². The first-order valence-corrected chi connectivity index (χ1v) is 8.37. The van der Waals surface area contributed by atoms with Gasteiger partial charge in [0.2, 0.25) is 0 Å².